The molecule has 0 aromatic heterocycles. The van der Waals surface area contributed by atoms with Crippen LogP contribution in [0.4, 0.5) is 11.4 Å². The van der Waals surface area contributed by atoms with Crippen LogP contribution in [0.15, 0.2) is 16.6 Å². The summed E-state index contributed by atoms with van der Waals surface area (Å²) in [5.41, 5.74) is 1.74. The Kier molecular flexibility index (Phi) is 5.99. The summed E-state index contributed by atoms with van der Waals surface area (Å²) < 4.78 is 0.702. The van der Waals surface area contributed by atoms with Crippen LogP contribution < -0.4 is 16.0 Å². The van der Waals surface area contributed by atoms with Gasteiger partial charge in [0, 0.05) is 17.4 Å². The average Bonchev–Trinajstić information content (AvgIpc) is 2.48. The van der Waals surface area contributed by atoms with Gasteiger partial charge in [-0.15, -0.1) is 0 Å². The third kappa shape index (κ3) is 4.57. The van der Waals surface area contributed by atoms with Crippen LogP contribution in [-0.2, 0) is 16.1 Å². The van der Waals surface area contributed by atoms with Crippen LogP contribution >= 0.6 is 15.9 Å². The van der Waals surface area contributed by atoms with Gasteiger partial charge in [0.15, 0.2) is 12.5 Å². The van der Waals surface area contributed by atoms with E-state index in [1.54, 1.807) is 12.1 Å². The minimum atomic E-state index is -1.21. The number of nitrogens with one attached hydrogen (secondary N) is 3. The summed E-state index contributed by atoms with van der Waals surface area (Å²) in [6, 6.07) is 2.43. The zero-order valence-corrected chi connectivity index (χ0v) is 14.1. The minimum Gasteiger partial charge on any atom is -0.481 e. The third-order valence-electron chi connectivity index (χ3n) is 3.56. The molecule has 0 saturated carbocycles. The molecule has 1 aromatic carbocycles. The van der Waals surface area contributed by atoms with Crippen LogP contribution in [0.3, 0.4) is 0 Å². The quantitative estimate of drug-likeness (QED) is 0.341. The van der Waals surface area contributed by atoms with Crippen LogP contribution in [0.1, 0.15) is 18.4 Å². The van der Waals surface area contributed by atoms with E-state index in [0.717, 1.165) is 0 Å². The molecule has 1 aliphatic rings. The van der Waals surface area contributed by atoms with Gasteiger partial charge in [-0.05, 0) is 24.1 Å². The Bertz CT molecular complexity index is 641. The topological polar surface area (TPSA) is 151 Å². The number of carboxylic acids is 2. The first-order valence-corrected chi connectivity index (χ1v) is 7.97. The second-order valence-electron chi connectivity index (χ2n) is 5.37. The van der Waals surface area contributed by atoms with E-state index in [1.165, 1.54) is 0 Å². The zero-order valence-electron chi connectivity index (χ0n) is 12.5. The van der Waals surface area contributed by atoms with Crippen molar-refractivity contribution in [1.29, 1.82) is 0 Å². The lowest BCUT2D eigenvalue weighted by Crippen LogP contribution is -2.43. The van der Waals surface area contributed by atoms with Crippen molar-refractivity contribution in [3.05, 3.63) is 22.2 Å². The molecule has 7 N–H and O–H groups in total. The first kappa shape index (κ1) is 18.5. The molecular weight excluding hydrogens is 386 g/mol. The lowest BCUT2D eigenvalue weighted by Gasteiger charge is -2.31. The van der Waals surface area contributed by atoms with Crippen LogP contribution in [-0.4, -0.2) is 50.9 Å². The predicted molar refractivity (Wildman–Crippen MR) is 88.5 cm³/mol. The fraction of sp³-hybridized carbons (Fsp3) is 0.429. The molecule has 2 unspecified atom stereocenters. The van der Waals surface area contributed by atoms with E-state index in [1.807, 2.05) is 0 Å². The van der Waals surface area contributed by atoms with Gasteiger partial charge >= 0.3 is 11.9 Å². The van der Waals surface area contributed by atoms with Gasteiger partial charge in [0.05, 0.1) is 11.4 Å². The van der Waals surface area contributed by atoms with Gasteiger partial charge in [0.1, 0.15) is 6.04 Å². The molecule has 10 heteroatoms. The zero-order chi connectivity index (χ0) is 17.9. The van der Waals surface area contributed by atoms with Crippen molar-refractivity contribution in [2.75, 3.05) is 10.6 Å². The summed E-state index contributed by atoms with van der Waals surface area (Å²) in [5.74, 6) is -2.20. The number of hydrogen-bond acceptors (Lipinski definition) is 7. The Morgan fingerprint density at radius 1 is 1.21 bits per heavy atom. The number of benzene rings is 1. The highest BCUT2D eigenvalue weighted by atomic mass is 79.9. The molecule has 0 aliphatic carbocycles. The van der Waals surface area contributed by atoms with E-state index in [0.29, 0.717) is 21.4 Å². The van der Waals surface area contributed by atoms with Gasteiger partial charge in [-0.1, -0.05) is 15.9 Å². The molecule has 2 rings (SSSR count). The summed E-state index contributed by atoms with van der Waals surface area (Å²) in [6.07, 6.45) is -2.69. The lowest BCUT2D eigenvalue weighted by molar-refractivity contribution is -0.140. The smallest absolute Gasteiger partial charge is 0.320 e. The highest BCUT2D eigenvalue weighted by Gasteiger charge is 2.26. The van der Waals surface area contributed by atoms with E-state index >= 15 is 0 Å². The number of carboxylic acid groups (broad SMARTS) is 2. The largest absolute Gasteiger partial charge is 0.481 e. The normalized spacial score (nSPS) is 20.5. The van der Waals surface area contributed by atoms with E-state index < -0.39 is 30.4 Å². The van der Waals surface area contributed by atoms with Crippen LogP contribution in [0.5, 0.6) is 0 Å². The Labute approximate surface area is 145 Å². The summed E-state index contributed by atoms with van der Waals surface area (Å²) in [5, 5.41) is 45.5. The molecule has 0 spiro atoms. The van der Waals surface area contributed by atoms with Crippen molar-refractivity contribution in [2.24, 2.45) is 0 Å². The summed E-state index contributed by atoms with van der Waals surface area (Å²) in [4.78, 5) is 21.8. The summed E-state index contributed by atoms with van der Waals surface area (Å²) in [6.45, 7) is 0.135. The number of halogens is 1. The molecule has 0 bridgehead atoms. The number of anilines is 2. The number of hydrogen-bond donors (Lipinski definition) is 7. The molecule has 0 amide bonds. The number of fused-ring (bicyclic) bond motifs is 1. The maximum atomic E-state index is 11.2. The van der Waals surface area contributed by atoms with Crippen molar-refractivity contribution in [3.8, 4) is 0 Å². The highest BCUT2D eigenvalue weighted by molar-refractivity contribution is 9.10. The van der Waals surface area contributed by atoms with Gasteiger partial charge < -0.3 is 36.4 Å². The Morgan fingerprint density at radius 2 is 1.88 bits per heavy atom. The van der Waals surface area contributed by atoms with Crippen molar-refractivity contribution >= 4 is 39.2 Å². The number of aliphatic hydroxyl groups excluding tert-OH is 2. The van der Waals surface area contributed by atoms with Crippen molar-refractivity contribution in [2.45, 2.75) is 37.9 Å². The number of carbonyl (C=O) groups is 2. The van der Waals surface area contributed by atoms with Gasteiger partial charge in [0.25, 0.3) is 0 Å². The molecule has 1 aromatic rings. The number of aliphatic hydroxyl groups is 2. The van der Waals surface area contributed by atoms with E-state index in [2.05, 4.69) is 31.9 Å². The second kappa shape index (κ2) is 7.79. The van der Waals surface area contributed by atoms with Crippen LogP contribution in [0, 0.1) is 0 Å². The van der Waals surface area contributed by atoms with Crippen molar-refractivity contribution < 1.29 is 30.0 Å². The molecule has 0 saturated heterocycles. The molecule has 24 heavy (non-hydrogen) atoms. The lowest BCUT2D eigenvalue weighted by atomic mass is 10.1. The Hall–Kier alpha value is -1.88. The molecule has 1 heterocycles. The van der Waals surface area contributed by atoms with Crippen LogP contribution in [0.2, 0.25) is 0 Å². The monoisotopic (exact) mass is 403 g/mol. The standard InChI is InChI=1S/C14H18BrN3O6/c15-7-3-6(5-16-8(14(23)24)1-2-10(19)20)11-9(4-7)17-12(21)13(22)18-11/h3-4,8,12-13,16-18,21-22H,1-2,5H2,(H,19,20)(H,23,24)/t8-,12?,13?/m0/s1. The highest BCUT2D eigenvalue weighted by Crippen LogP contribution is 2.34. The van der Waals surface area contributed by atoms with E-state index in [-0.39, 0.29) is 19.4 Å². The number of aliphatic carboxylic acids is 2. The summed E-state index contributed by atoms with van der Waals surface area (Å²) >= 11 is 3.33. The fourth-order valence-corrected chi connectivity index (χ4v) is 2.87. The Morgan fingerprint density at radius 3 is 2.50 bits per heavy atom. The van der Waals surface area contributed by atoms with Gasteiger partial charge in [-0.3, -0.25) is 9.59 Å². The van der Waals surface area contributed by atoms with E-state index in [9.17, 15) is 19.8 Å². The first-order valence-electron chi connectivity index (χ1n) is 7.17. The SMILES string of the molecule is O=C(O)CC[C@H](NCc1cc(Br)cc2c1NC(O)C(O)N2)C(=O)O. The molecular formula is C14H18BrN3O6. The third-order valence-corrected chi connectivity index (χ3v) is 4.02. The predicted octanol–water partition coefficient (Wildman–Crippen LogP) is 0.331. The molecule has 132 valence electrons. The van der Waals surface area contributed by atoms with Gasteiger partial charge in [-0.2, -0.15) is 0 Å². The van der Waals surface area contributed by atoms with Crippen molar-refractivity contribution in [1.82, 2.24) is 5.32 Å². The minimum absolute atomic E-state index is 0.0477. The Balaban J connectivity index is 2.14. The molecule has 3 atom stereocenters. The summed E-state index contributed by atoms with van der Waals surface area (Å²) in [7, 11) is 0. The maximum Gasteiger partial charge on any atom is 0.320 e. The second-order valence-corrected chi connectivity index (χ2v) is 6.29. The van der Waals surface area contributed by atoms with Gasteiger partial charge in [0.2, 0.25) is 0 Å². The molecule has 1 aliphatic heterocycles. The molecule has 0 fully saturated rings. The average molecular weight is 404 g/mol. The van der Waals surface area contributed by atoms with Gasteiger partial charge in [-0.25, -0.2) is 0 Å². The molecule has 0 radical (unpaired) electrons. The fourth-order valence-electron chi connectivity index (χ4n) is 2.37. The molecule has 9 nitrogen and oxygen atoms in total. The number of rotatable bonds is 7. The van der Waals surface area contributed by atoms with E-state index in [4.69, 9.17) is 10.2 Å². The van der Waals surface area contributed by atoms with Crippen molar-refractivity contribution in [3.63, 3.8) is 0 Å². The first-order chi connectivity index (χ1) is 11.3. The van der Waals surface area contributed by atoms with Crippen LogP contribution in [0.25, 0.3) is 0 Å². The maximum absolute atomic E-state index is 11.2.